The number of unbranched alkanes of at least 4 members (excludes halogenated alkanes) is 2. The van der Waals surface area contributed by atoms with E-state index in [4.69, 9.17) is 0 Å². The highest BCUT2D eigenvalue weighted by Gasteiger charge is 1.74. The third-order valence-electron chi connectivity index (χ3n) is 0.604. The second-order valence-electron chi connectivity index (χ2n) is 1.21. The highest BCUT2D eigenvalue weighted by Crippen LogP contribution is 1.87. The Balaban J connectivity index is 2.19. The summed E-state index contributed by atoms with van der Waals surface area (Å²) in [5, 5.41) is 0. The molecule has 0 aromatic heterocycles. The first kappa shape index (κ1) is 4.87. The summed E-state index contributed by atoms with van der Waals surface area (Å²) in [5.74, 6) is 0. The van der Waals surface area contributed by atoms with E-state index in [1.54, 1.807) is 0 Å². The van der Waals surface area contributed by atoms with E-state index < -0.39 is 0 Å². The van der Waals surface area contributed by atoms with Crippen molar-refractivity contribution in [2.45, 2.75) is 26.2 Å². The molecule has 0 saturated carbocycles. The zero-order valence-electron chi connectivity index (χ0n) is 3.83. The van der Waals surface area contributed by atoms with Gasteiger partial charge in [0.1, 0.15) is 0 Å². The lowest BCUT2D eigenvalue weighted by molar-refractivity contribution is 0.813. The van der Waals surface area contributed by atoms with Crippen molar-refractivity contribution in [1.29, 1.82) is 0 Å². The van der Waals surface area contributed by atoms with Gasteiger partial charge in [0.2, 0.25) is 0 Å². The van der Waals surface area contributed by atoms with Crippen LogP contribution in [-0.2, 0) is 0 Å². The molecule has 30 valence electrons. The van der Waals surface area contributed by atoms with Crippen molar-refractivity contribution in [3.05, 3.63) is 6.92 Å². The molecule has 0 saturated heterocycles. The van der Waals surface area contributed by atoms with E-state index in [-0.39, 0.29) is 0 Å². The molecule has 0 heteroatoms. The highest BCUT2D eigenvalue weighted by atomic mass is 13.7. The van der Waals surface area contributed by atoms with Gasteiger partial charge >= 0.3 is 0 Å². The molecule has 0 heterocycles. The largest absolute Gasteiger partial charge is 0.0850 e. The summed E-state index contributed by atoms with van der Waals surface area (Å²) < 4.78 is 0. The summed E-state index contributed by atoms with van der Waals surface area (Å²) in [5.41, 5.74) is 0. The fraction of sp³-hybridized carbons (Fsp3) is 0.800. The van der Waals surface area contributed by atoms with E-state index in [9.17, 15) is 0 Å². The third-order valence-corrected chi connectivity index (χ3v) is 0.604. The molecule has 0 N–H and O–H groups in total. The molecule has 0 spiro atoms. The molecule has 0 amide bonds. The highest BCUT2D eigenvalue weighted by molar-refractivity contribution is 4.35. The Morgan fingerprint density at radius 3 is 2.20 bits per heavy atom. The summed E-state index contributed by atoms with van der Waals surface area (Å²) in [6, 6.07) is 0. The Morgan fingerprint density at radius 2 is 2.20 bits per heavy atom. The Bertz CT molecular complexity index is 7.51. The Labute approximate surface area is 34.2 Å². The molecule has 0 aliphatic rings. The van der Waals surface area contributed by atoms with Gasteiger partial charge in [-0.15, -0.1) is 0 Å². The van der Waals surface area contributed by atoms with Crippen LogP contribution in [0.2, 0.25) is 0 Å². The van der Waals surface area contributed by atoms with Gasteiger partial charge in [-0.3, -0.25) is 0 Å². The maximum atomic E-state index is 3.68. The monoisotopic (exact) mass is 71.1 g/mol. The van der Waals surface area contributed by atoms with E-state index >= 15 is 0 Å². The fourth-order valence-electron chi connectivity index (χ4n) is 0.250. The van der Waals surface area contributed by atoms with Crippen LogP contribution in [0.4, 0.5) is 0 Å². The van der Waals surface area contributed by atoms with Gasteiger partial charge in [-0.2, -0.15) is 0 Å². The van der Waals surface area contributed by atoms with Crippen molar-refractivity contribution in [2.75, 3.05) is 0 Å². The van der Waals surface area contributed by atoms with Crippen LogP contribution in [0.5, 0.6) is 0 Å². The quantitative estimate of drug-likeness (QED) is 0.437. The van der Waals surface area contributed by atoms with Gasteiger partial charge in [0.15, 0.2) is 0 Å². The van der Waals surface area contributed by atoms with Crippen LogP contribution in [0.25, 0.3) is 0 Å². The SMILES string of the molecule is [CH2+]CCCC. The minimum Gasteiger partial charge on any atom is -0.0652 e. The Hall–Kier alpha value is -0.130. The summed E-state index contributed by atoms with van der Waals surface area (Å²) in [4.78, 5) is 0. The first-order valence-electron chi connectivity index (χ1n) is 2.21. The minimum absolute atomic E-state index is 1.09. The molecule has 0 nitrogen and oxygen atoms in total. The maximum absolute atomic E-state index is 3.68. The third kappa shape index (κ3) is 3.87. The molecule has 0 aliphatic heterocycles. The average molecular weight is 71.1 g/mol. The minimum atomic E-state index is 1.09. The van der Waals surface area contributed by atoms with Crippen molar-refractivity contribution in [3.8, 4) is 0 Å². The number of hydrogen-bond acceptors (Lipinski definition) is 0. The van der Waals surface area contributed by atoms with Crippen molar-refractivity contribution in [2.24, 2.45) is 0 Å². The van der Waals surface area contributed by atoms with Gasteiger partial charge in [-0.1, -0.05) is 13.3 Å². The lowest BCUT2D eigenvalue weighted by Crippen LogP contribution is -1.59. The van der Waals surface area contributed by atoms with Gasteiger partial charge in [-0.25, -0.2) is 0 Å². The van der Waals surface area contributed by atoms with Gasteiger partial charge in [-0.05, 0) is 6.42 Å². The molecule has 0 radical (unpaired) electrons. The average Bonchev–Trinajstić information content (AvgIpc) is 1.41. The second-order valence-corrected chi connectivity index (χ2v) is 1.21. The van der Waals surface area contributed by atoms with Crippen molar-refractivity contribution in [3.63, 3.8) is 0 Å². The maximum Gasteiger partial charge on any atom is 0.0850 e. The number of hydrogen-bond donors (Lipinski definition) is 0. The molecule has 0 unspecified atom stereocenters. The summed E-state index contributed by atoms with van der Waals surface area (Å²) in [6.45, 7) is 5.85. The van der Waals surface area contributed by atoms with Crippen molar-refractivity contribution >= 4 is 0 Å². The first-order valence-corrected chi connectivity index (χ1v) is 2.21. The van der Waals surface area contributed by atoms with Crippen LogP contribution in [0.1, 0.15) is 26.2 Å². The molecule has 5 heavy (non-hydrogen) atoms. The molecule has 0 aliphatic carbocycles. The van der Waals surface area contributed by atoms with Crippen LogP contribution in [-0.4, -0.2) is 0 Å². The molecule has 0 rings (SSSR count). The second kappa shape index (κ2) is 3.87. The van der Waals surface area contributed by atoms with Crippen LogP contribution in [0.3, 0.4) is 0 Å². The predicted octanol–water partition coefficient (Wildman–Crippen LogP) is 2.01. The van der Waals surface area contributed by atoms with Gasteiger partial charge in [0.05, 0.1) is 13.3 Å². The first-order chi connectivity index (χ1) is 2.41. The Kier molecular flexibility index (Phi) is 3.77. The van der Waals surface area contributed by atoms with Crippen LogP contribution in [0, 0.1) is 6.92 Å². The predicted molar refractivity (Wildman–Crippen MR) is 24.9 cm³/mol. The van der Waals surface area contributed by atoms with Gasteiger partial charge < -0.3 is 0 Å². The molecule has 0 aromatic rings. The van der Waals surface area contributed by atoms with Crippen molar-refractivity contribution in [1.82, 2.24) is 0 Å². The van der Waals surface area contributed by atoms with E-state index in [0.717, 1.165) is 6.42 Å². The number of rotatable bonds is 2. The zero-order chi connectivity index (χ0) is 4.12. The van der Waals surface area contributed by atoms with Crippen LogP contribution < -0.4 is 0 Å². The lowest BCUT2D eigenvalue weighted by Gasteiger charge is -1.73. The van der Waals surface area contributed by atoms with E-state index in [0.29, 0.717) is 0 Å². The van der Waals surface area contributed by atoms with E-state index in [1.165, 1.54) is 12.8 Å². The topological polar surface area (TPSA) is 0 Å². The molecular weight excluding hydrogens is 60.1 g/mol. The van der Waals surface area contributed by atoms with Gasteiger partial charge in [0, 0.05) is 0 Å². The smallest absolute Gasteiger partial charge is 0.0652 e. The van der Waals surface area contributed by atoms with Crippen molar-refractivity contribution < 1.29 is 0 Å². The molecule has 0 fully saturated rings. The molecule has 0 aromatic carbocycles. The van der Waals surface area contributed by atoms with Gasteiger partial charge in [0.25, 0.3) is 0 Å². The normalized spacial score (nSPS) is 8.20. The fourth-order valence-corrected chi connectivity index (χ4v) is 0.250. The summed E-state index contributed by atoms with van der Waals surface area (Å²) in [6.07, 6.45) is 3.65. The summed E-state index contributed by atoms with van der Waals surface area (Å²) >= 11 is 0. The van der Waals surface area contributed by atoms with Crippen LogP contribution >= 0.6 is 0 Å². The zero-order valence-corrected chi connectivity index (χ0v) is 3.83. The molecule has 0 bridgehead atoms. The molecular formula is C5H11+. The van der Waals surface area contributed by atoms with E-state index in [2.05, 4.69) is 13.8 Å². The van der Waals surface area contributed by atoms with E-state index in [1.807, 2.05) is 0 Å². The lowest BCUT2D eigenvalue weighted by atomic mass is 10.3. The summed E-state index contributed by atoms with van der Waals surface area (Å²) in [7, 11) is 0. The Morgan fingerprint density at radius 1 is 1.60 bits per heavy atom. The standard InChI is InChI=1S/C5H11/c1-3-5-4-2/h1,3-5H2,2H3/q+1. The van der Waals surface area contributed by atoms with Crippen LogP contribution in [0.15, 0.2) is 0 Å². The molecule has 0 atom stereocenters.